The number of ether oxygens (including phenoxy) is 1. The summed E-state index contributed by atoms with van der Waals surface area (Å²) in [6.07, 6.45) is 1.43. The highest BCUT2D eigenvalue weighted by atomic mass is 19.1. The van der Waals surface area contributed by atoms with Gasteiger partial charge in [0.05, 0.1) is 11.3 Å². The highest BCUT2D eigenvalue weighted by Crippen LogP contribution is 2.39. The predicted octanol–water partition coefficient (Wildman–Crippen LogP) is 2.34. The summed E-state index contributed by atoms with van der Waals surface area (Å²) in [5.41, 5.74) is -0.880. The lowest BCUT2D eigenvalue weighted by Crippen LogP contribution is -2.52. The van der Waals surface area contributed by atoms with E-state index in [1.165, 1.54) is 12.1 Å². The van der Waals surface area contributed by atoms with Crippen molar-refractivity contribution in [2.24, 2.45) is 5.92 Å². The number of halogens is 2. The Labute approximate surface area is 144 Å². The molecule has 3 rings (SSSR count). The lowest BCUT2D eigenvalue weighted by Gasteiger charge is -2.42. The van der Waals surface area contributed by atoms with E-state index >= 15 is 0 Å². The van der Waals surface area contributed by atoms with Gasteiger partial charge < -0.3 is 14.7 Å². The Balaban J connectivity index is 1.88. The van der Waals surface area contributed by atoms with Crippen LogP contribution in [0.25, 0.3) is 0 Å². The second kappa shape index (κ2) is 7.07. The highest BCUT2D eigenvalue weighted by Gasteiger charge is 2.46. The van der Waals surface area contributed by atoms with Crippen LogP contribution in [0.3, 0.4) is 0 Å². The molecule has 0 aliphatic carbocycles. The van der Waals surface area contributed by atoms with E-state index in [0.717, 1.165) is 6.07 Å². The summed E-state index contributed by atoms with van der Waals surface area (Å²) in [4.78, 5) is 26.0. The molecule has 1 aromatic rings. The van der Waals surface area contributed by atoms with Gasteiger partial charge in [-0.15, -0.1) is 0 Å². The van der Waals surface area contributed by atoms with Gasteiger partial charge in [0.15, 0.2) is 0 Å². The monoisotopic (exact) mass is 353 g/mol. The number of nitrogens with zero attached hydrogens (tertiary/aromatic N) is 1. The molecule has 1 amide bonds. The zero-order chi connectivity index (χ0) is 18.0. The molecule has 136 valence electrons. The number of carbonyl (C=O) groups is 2. The van der Waals surface area contributed by atoms with Gasteiger partial charge in [0, 0.05) is 37.9 Å². The maximum atomic E-state index is 14.4. The molecule has 0 aromatic heterocycles. The van der Waals surface area contributed by atoms with Crippen LogP contribution in [0.2, 0.25) is 0 Å². The third-order valence-electron chi connectivity index (χ3n) is 5.33. The lowest BCUT2D eigenvalue weighted by atomic mass is 9.72. The summed E-state index contributed by atoms with van der Waals surface area (Å²) in [7, 11) is 0. The van der Waals surface area contributed by atoms with E-state index < -0.39 is 28.9 Å². The van der Waals surface area contributed by atoms with E-state index in [9.17, 15) is 18.4 Å². The molecule has 1 aromatic carbocycles. The van der Waals surface area contributed by atoms with Gasteiger partial charge in [-0.25, -0.2) is 8.78 Å². The number of hydrogen-bond donors (Lipinski definition) is 1. The summed E-state index contributed by atoms with van der Waals surface area (Å²) >= 11 is 0. The summed E-state index contributed by atoms with van der Waals surface area (Å²) in [5.74, 6) is -2.92. The number of carbonyl (C=O) groups excluding carboxylic acids is 1. The van der Waals surface area contributed by atoms with Crippen molar-refractivity contribution in [2.45, 2.75) is 31.1 Å². The standard InChI is InChI=1S/C18H21F2NO4/c19-13-1-2-14(15(20)11-13)18(5-9-25-10-6-18)17(24)21-7-3-12(4-8-21)16(22)23/h1-2,11-12H,3-10H2,(H,22,23). The molecule has 2 heterocycles. The molecule has 2 aliphatic rings. The number of likely N-dealkylation sites (tertiary alicyclic amines) is 1. The van der Waals surface area contributed by atoms with Crippen molar-refractivity contribution in [3.63, 3.8) is 0 Å². The molecular formula is C18H21F2NO4. The molecule has 2 fully saturated rings. The molecule has 7 heteroatoms. The molecule has 0 radical (unpaired) electrons. The second-order valence-electron chi connectivity index (χ2n) is 6.72. The number of piperidine rings is 1. The smallest absolute Gasteiger partial charge is 0.306 e. The lowest BCUT2D eigenvalue weighted by molar-refractivity contribution is -0.149. The Hall–Kier alpha value is -2.02. The molecule has 2 saturated heterocycles. The molecule has 0 bridgehead atoms. The minimum Gasteiger partial charge on any atom is -0.481 e. The average molecular weight is 353 g/mol. The fourth-order valence-electron chi connectivity index (χ4n) is 3.83. The van der Waals surface area contributed by atoms with Crippen LogP contribution < -0.4 is 0 Å². The van der Waals surface area contributed by atoms with Crippen LogP contribution in [-0.4, -0.2) is 48.2 Å². The van der Waals surface area contributed by atoms with Crippen molar-refractivity contribution < 1.29 is 28.2 Å². The third-order valence-corrected chi connectivity index (χ3v) is 5.33. The fourth-order valence-corrected chi connectivity index (χ4v) is 3.83. The SMILES string of the molecule is O=C(O)C1CCN(C(=O)C2(c3ccc(F)cc3F)CCOCC2)CC1. The Morgan fingerprint density at radius 2 is 1.80 bits per heavy atom. The Morgan fingerprint density at radius 3 is 2.36 bits per heavy atom. The van der Waals surface area contributed by atoms with Gasteiger partial charge in [-0.1, -0.05) is 6.07 Å². The van der Waals surface area contributed by atoms with E-state index in [4.69, 9.17) is 9.84 Å². The molecule has 0 atom stereocenters. The summed E-state index contributed by atoms with van der Waals surface area (Å²) < 4.78 is 33.1. The quantitative estimate of drug-likeness (QED) is 0.906. The third kappa shape index (κ3) is 3.38. The van der Waals surface area contributed by atoms with Crippen LogP contribution in [0.4, 0.5) is 8.78 Å². The van der Waals surface area contributed by atoms with Crippen LogP contribution in [0.5, 0.6) is 0 Å². The maximum Gasteiger partial charge on any atom is 0.306 e. The highest BCUT2D eigenvalue weighted by molar-refractivity contribution is 5.89. The van der Waals surface area contributed by atoms with Crippen molar-refractivity contribution in [1.82, 2.24) is 4.90 Å². The van der Waals surface area contributed by atoms with Crippen molar-refractivity contribution >= 4 is 11.9 Å². The number of amides is 1. The summed E-state index contributed by atoms with van der Waals surface area (Å²) in [6.45, 7) is 1.32. The van der Waals surface area contributed by atoms with Gasteiger partial charge in [0.2, 0.25) is 5.91 Å². The Bertz CT molecular complexity index is 665. The number of carboxylic acid groups (broad SMARTS) is 1. The van der Waals surface area contributed by atoms with Crippen LogP contribution in [0, 0.1) is 17.6 Å². The Kier molecular flexibility index (Phi) is 5.03. The van der Waals surface area contributed by atoms with E-state index in [-0.39, 0.29) is 11.5 Å². The minimum absolute atomic E-state index is 0.197. The molecule has 1 N–H and O–H groups in total. The first-order chi connectivity index (χ1) is 11.9. The van der Waals surface area contributed by atoms with Gasteiger partial charge in [0.1, 0.15) is 11.6 Å². The molecule has 0 saturated carbocycles. The van der Waals surface area contributed by atoms with E-state index in [2.05, 4.69) is 0 Å². The van der Waals surface area contributed by atoms with Gasteiger partial charge in [-0.05, 0) is 31.7 Å². The zero-order valence-electron chi connectivity index (χ0n) is 13.8. The van der Waals surface area contributed by atoms with Gasteiger partial charge in [-0.2, -0.15) is 0 Å². The van der Waals surface area contributed by atoms with Crippen LogP contribution in [-0.2, 0) is 19.7 Å². The van der Waals surface area contributed by atoms with E-state index in [0.29, 0.717) is 52.0 Å². The summed E-state index contributed by atoms with van der Waals surface area (Å²) in [6, 6.07) is 3.31. The largest absolute Gasteiger partial charge is 0.481 e. The van der Waals surface area contributed by atoms with Crippen molar-refractivity contribution in [3.05, 3.63) is 35.4 Å². The normalized spacial score (nSPS) is 21.1. The minimum atomic E-state index is -1.08. The number of carboxylic acids is 1. The predicted molar refractivity (Wildman–Crippen MR) is 85.0 cm³/mol. The molecule has 0 spiro atoms. The van der Waals surface area contributed by atoms with Crippen molar-refractivity contribution in [3.8, 4) is 0 Å². The fraction of sp³-hybridized carbons (Fsp3) is 0.556. The number of rotatable bonds is 3. The first-order valence-electron chi connectivity index (χ1n) is 8.49. The molecular weight excluding hydrogens is 332 g/mol. The second-order valence-corrected chi connectivity index (χ2v) is 6.72. The average Bonchev–Trinajstić information content (AvgIpc) is 2.61. The maximum absolute atomic E-state index is 14.4. The van der Waals surface area contributed by atoms with Gasteiger partial charge >= 0.3 is 5.97 Å². The topological polar surface area (TPSA) is 66.8 Å². The number of benzene rings is 1. The van der Waals surface area contributed by atoms with E-state index in [1.54, 1.807) is 4.90 Å². The molecule has 25 heavy (non-hydrogen) atoms. The zero-order valence-corrected chi connectivity index (χ0v) is 13.8. The summed E-state index contributed by atoms with van der Waals surface area (Å²) in [5, 5.41) is 9.10. The Morgan fingerprint density at radius 1 is 1.16 bits per heavy atom. The van der Waals surface area contributed by atoms with Crippen LogP contribution in [0.1, 0.15) is 31.2 Å². The van der Waals surface area contributed by atoms with Crippen molar-refractivity contribution in [1.29, 1.82) is 0 Å². The molecule has 2 aliphatic heterocycles. The van der Waals surface area contributed by atoms with Crippen molar-refractivity contribution in [2.75, 3.05) is 26.3 Å². The molecule has 5 nitrogen and oxygen atoms in total. The number of hydrogen-bond acceptors (Lipinski definition) is 3. The number of aliphatic carboxylic acids is 1. The molecule has 0 unspecified atom stereocenters. The van der Waals surface area contributed by atoms with E-state index in [1.807, 2.05) is 0 Å². The first-order valence-corrected chi connectivity index (χ1v) is 8.49. The van der Waals surface area contributed by atoms with Gasteiger partial charge in [-0.3, -0.25) is 9.59 Å². The van der Waals surface area contributed by atoms with Crippen LogP contribution in [0.15, 0.2) is 18.2 Å². The van der Waals surface area contributed by atoms with Crippen LogP contribution >= 0.6 is 0 Å². The first kappa shape index (κ1) is 17.8. The van der Waals surface area contributed by atoms with Gasteiger partial charge in [0.25, 0.3) is 0 Å².